The van der Waals surface area contributed by atoms with Crippen molar-refractivity contribution in [3.8, 4) is 0 Å². The molecule has 2 N–H and O–H groups in total. The first-order valence-corrected chi connectivity index (χ1v) is 7.73. The van der Waals surface area contributed by atoms with Gasteiger partial charge in [0.15, 0.2) is 4.21 Å². The van der Waals surface area contributed by atoms with Crippen molar-refractivity contribution in [1.29, 1.82) is 0 Å². The van der Waals surface area contributed by atoms with E-state index in [0.717, 1.165) is 12.1 Å². The predicted octanol–water partition coefficient (Wildman–Crippen LogP) is 1.50. The number of H-pyrrole nitrogens is 1. The molecule has 0 aliphatic rings. The lowest BCUT2D eigenvalue weighted by Gasteiger charge is -2.06. The molecule has 0 radical (unpaired) electrons. The van der Waals surface area contributed by atoms with Crippen LogP contribution in [-0.2, 0) is 16.6 Å². The highest BCUT2D eigenvalue weighted by atomic mass is 32.2. The van der Waals surface area contributed by atoms with Crippen LogP contribution in [0.15, 0.2) is 27.2 Å². The van der Waals surface area contributed by atoms with E-state index < -0.39 is 26.5 Å². The van der Waals surface area contributed by atoms with Crippen molar-refractivity contribution in [2.75, 3.05) is 0 Å². The SMILES string of the molecule is Cc1[nH]c(=O)sc1S(=O)(=O)NCc1ccc(F)cc1F. The molecule has 1 aromatic heterocycles. The maximum Gasteiger partial charge on any atom is 0.305 e. The molecule has 0 saturated heterocycles. The van der Waals surface area contributed by atoms with E-state index in [9.17, 15) is 22.0 Å². The lowest BCUT2D eigenvalue weighted by Crippen LogP contribution is -2.23. The highest BCUT2D eigenvalue weighted by molar-refractivity contribution is 7.91. The zero-order valence-corrected chi connectivity index (χ0v) is 11.9. The van der Waals surface area contributed by atoms with Gasteiger partial charge in [-0.15, -0.1) is 0 Å². The number of aromatic nitrogens is 1. The molecule has 108 valence electrons. The fraction of sp³-hybridized carbons (Fsp3) is 0.182. The molecule has 5 nitrogen and oxygen atoms in total. The summed E-state index contributed by atoms with van der Waals surface area (Å²) in [6, 6.07) is 2.86. The summed E-state index contributed by atoms with van der Waals surface area (Å²) < 4.78 is 52.1. The second-order valence-corrected chi connectivity index (χ2v) is 6.93. The van der Waals surface area contributed by atoms with Crippen LogP contribution in [0.25, 0.3) is 0 Å². The first-order chi connectivity index (χ1) is 9.29. The Labute approximate surface area is 117 Å². The van der Waals surface area contributed by atoms with E-state index in [1.165, 1.54) is 6.92 Å². The Balaban J connectivity index is 2.21. The zero-order chi connectivity index (χ0) is 14.9. The second-order valence-electron chi connectivity index (χ2n) is 3.99. The average Bonchev–Trinajstić information content (AvgIpc) is 2.68. The number of rotatable bonds is 4. The van der Waals surface area contributed by atoms with Crippen LogP contribution in [0.1, 0.15) is 11.3 Å². The van der Waals surface area contributed by atoms with E-state index in [1.807, 2.05) is 0 Å². The van der Waals surface area contributed by atoms with E-state index >= 15 is 0 Å². The lowest BCUT2D eigenvalue weighted by atomic mass is 10.2. The Morgan fingerprint density at radius 1 is 1.35 bits per heavy atom. The van der Waals surface area contributed by atoms with Gasteiger partial charge in [0, 0.05) is 23.9 Å². The molecular formula is C11H10F2N2O3S2. The quantitative estimate of drug-likeness (QED) is 0.896. The van der Waals surface area contributed by atoms with Gasteiger partial charge in [-0.25, -0.2) is 21.9 Å². The number of aromatic amines is 1. The van der Waals surface area contributed by atoms with Crippen molar-refractivity contribution >= 4 is 21.4 Å². The number of sulfonamides is 1. The van der Waals surface area contributed by atoms with Gasteiger partial charge in [0.25, 0.3) is 10.0 Å². The minimum absolute atomic E-state index is 0.00973. The van der Waals surface area contributed by atoms with Crippen LogP contribution < -0.4 is 9.60 Å². The fourth-order valence-electron chi connectivity index (χ4n) is 1.55. The number of hydrogen-bond donors (Lipinski definition) is 2. The smallest absolute Gasteiger partial charge is 0.305 e. The minimum Gasteiger partial charge on any atom is -0.315 e. The molecule has 2 aromatic rings. The second kappa shape index (κ2) is 5.43. The third-order valence-electron chi connectivity index (χ3n) is 2.49. The summed E-state index contributed by atoms with van der Waals surface area (Å²) >= 11 is 0.548. The van der Waals surface area contributed by atoms with Crippen molar-refractivity contribution in [2.45, 2.75) is 17.7 Å². The maximum absolute atomic E-state index is 13.4. The molecule has 0 unspecified atom stereocenters. The summed E-state index contributed by atoms with van der Waals surface area (Å²) in [5.74, 6) is -1.58. The number of halogens is 2. The predicted molar refractivity (Wildman–Crippen MR) is 70.1 cm³/mol. The molecule has 2 rings (SSSR count). The largest absolute Gasteiger partial charge is 0.315 e. The Bertz CT molecular complexity index is 796. The molecule has 0 aliphatic heterocycles. The summed E-state index contributed by atoms with van der Waals surface area (Å²) in [6.07, 6.45) is 0. The average molecular weight is 320 g/mol. The Hall–Kier alpha value is -1.58. The van der Waals surface area contributed by atoms with Crippen molar-refractivity contribution in [2.24, 2.45) is 0 Å². The molecular weight excluding hydrogens is 310 g/mol. The summed E-state index contributed by atoms with van der Waals surface area (Å²) in [6.45, 7) is 1.12. The lowest BCUT2D eigenvalue weighted by molar-refractivity contribution is 0.563. The van der Waals surface area contributed by atoms with Gasteiger partial charge in [0.05, 0.1) is 0 Å². The molecule has 0 atom stereocenters. The van der Waals surface area contributed by atoms with Gasteiger partial charge < -0.3 is 4.98 Å². The standard InChI is InChI=1S/C11H10F2N2O3S2/c1-6-10(19-11(16)15-6)20(17,18)14-5-7-2-3-8(12)4-9(7)13/h2-4,14H,5H2,1H3,(H,15,16). The van der Waals surface area contributed by atoms with Crippen LogP contribution in [-0.4, -0.2) is 13.4 Å². The minimum atomic E-state index is -3.92. The molecule has 0 spiro atoms. The first-order valence-electron chi connectivity index (χ1n) is 5.43. The Morgan fingerprint density at radius 2 is 2.05 bits per heavy atom. The van der Waals surface area contributed by atoms with Crippen LogP contribution in [0.3, 0.4) is 0 Å². The van der Waals surface area contributed by atoms with E-state index in [-0.39, 0.29) is 22.0 Å². The normalized spacial score (nSPS) is 11.8. The van der Waals surface area contributed by atoms with Gasteiger partial charge in [-0.05, 0) is 13.0 Å². The zero-order valence-electron chi connectivity index (χ0n) is 10.2. The van der Waals surface area contributed by atoms with Gasteiger partial charge in [0.2, 0.25) is 0 Å². The monoisotopic (exact) mass is 320 g/mol. The maximum atomic E-state index is 13.4. The molecule has 0 amide bonds. The molecule has 0 fully saturated rings. The van der Waals surface area contributed by atoms with Gasteiger partial charge in [-0.3, -0.25) is 4.79 Å². The molecule has 9 heteroatoms. The van der Waals surface area contributed by atoms with E-state index in [1.54, 1.807) is 0 Å². The number of nitrogens with one attached hydrogen (secondary N) is 2. The molecule has 1 aromatic carbocycles. The first kappa shape index (κ1) is 14.8. The number of hydrogen-bond acceptors (Lipinski definition) is 4. The van der Waals surface area contributed by atoms with Crippen LogP contribution in [0.5, 0.6) is 0 Å². The van der Waals surface area contributed by atoms with Crippen molar-refractivity contribution < 1.29 is 17.2 Å². The van der Waals surface area contributed by atoms with Crippen LogP contribution in [0, 0.1) is 18.6 Å². The highest BCUT2D eigenvalue weighted by Gasteiger charge is 2.20. The number of thiazole rings is 1. The van der Waals surface area contributed by atoms with Gasteiger partial charge in [-0.1, -0.05) is 17.4 Å². The van der Waals surface area contributed by atoms with Crippen LogP contribution in [0.4, 0.5) is 8.78 Å². The number of aryl methyl sites for hydroxylation is 1. The molecule has 0 aliphatic carbocycles. The molecule has 1 heterocycles. The Kier molecular flexibility index (Phi) is 4.02. The van der Waals surface area contributed by atoms with E-state index in [0.29, 0.717) is 17.4 Å². The Morgan fingerprint density at radius 3 is 2.60 bits per heavy atom. The third kappa shape index (κ3) is 3.11. The summed E-state index contributed by atoms with van der Waals surface area (Å²) in [4.78, 5) is 13.0. The summed E-state index contributed by atoms with van der Waals surface area (Å²) in [5, 5.41) is 0. The van der Waals surface area contributed by atoms with Crippen LogP contribution >= 0.6 is 11.3 Å². The van der Waals surface area contributed by atoms with Crippen molar-refractivity contribution in [3.05, 3.63) is 50.8 Å². The highest BCUT2D eigenvalue weighted by Crippen LogP contribution is 2.16. The molecule has 0 saturated carbocycles. The van der Waals surface area contributed by atoms with Crippen molar-refractivity contribution in [3.63, 3.8) is 0 Å². The topological polar surface area (TPSA) is 79.0 Å². The third-order valence-corrected chi connectivity index (χ3v) is 5.50. The molecule has 0 bridgehead atoms. The van der Waals surface area contributed by atoms with Gasteiger partial charge >= 0.3 is 4.87 Å². The van der Waals surface area contributed by atoms with E-state index in [2.05, 4.69) is 9.71 Å². The van der Waals surface area contributed by atoms with Gasteiger partial charge in [0.1, 0.15) is 11.6 Å². The van der Waals surface area contributed by atoms with E-state index in [4.69, 9.17) is 0 Å². The number of benzene rings is 1. The van der Waals surface area contributed by atoms with Gasteiger partial charge in [-0.2, -0.15) is 0 Å². The fourth-order valence-corrected chi connectivity index (χ4v) is 3.90. The molecule has 20 heavy (non-hydrogen) atoms. The van der Waals surface area contributed by atoms with Crippen molar-refractivity contribution in [1.82, 2.24) is 9.71 Å². The summed E-state index contributed by atoms with van der Waals surface area (Å²) in [5.41, 5.74) is 0.225. The van der Waals surface area contributed by atoms with Crippen LogP contribution in [0.2, 0.25) is 0 Å². The summed E-state index contributed by atoms with van der Waals surface area (Å²) in [7, 11) is -3.92.